The molecule has 116 valence electrons. The topological polar surface area (TPSA) is 37.4 Å². The van der Waals surface area contributed by atoms with Gasteiger partial charge in [0.1, 0.15) is 0 Å². The standard InChI is InChI=1S/C20H19NO2/c1-3-14-21(15-4-2)20(23)18-13-9-8-12-17(18)19(22)16-10-6-5-7-11-16/h3-13H,1-2,14-15H2. The number of rotatable bonds is 7. The summed E-state index contributed by atoms with van der Waals surface area (Å²) in [6, 6.07) is 15.8. The summed E-state index contributed by atoms with van der Waals surface area (Å²) in [6.07, 6.45) is 3.31. The van der Waals surface area contributed by atoms with Crippen LogP contribution in [0.1, 0.15) is 26.3 Å². The fourth-order valence-corrected chi connectivity index (χ4v) is 2.34. The highest BCUT2D eigenvalue weighted by Gasteiger charge is 2.21. The molecule has 0 spiro atoms. The first-order valence-corrected chi connectivity index (χ1v) is 7.39. The van der Waals surface area contributed by atoms with Crippen molar-refractivity contribution in [3.05, 3.63) is 96.6 Å². The van der Waals surface area contributed by atoms with Crippen LogP contribution in [0.2, 0.25) is 0 Å². The number of benzene rings is 2. The van der Waals surface area contributed by atoms with Gasteiger partial charge in [0, 0.05) is 24.2 Å². The number of ketones is 1. The zero-order valence-corrected chi connectivity index (χ0v) is 12.9. The third kappa shape index (κ3) is 3.83. The molecule has 0 N–H and O–H groups in total. The van der Waals surface area contributed by atoms with E-state index in [4.69, 9.17) is 0 Å². The maximum absolute atomic E-state index is 12.8. The molecule has 0 bridgehead atoms. The summed E-state index contributed by atoms with van der Waals surface area (Å²) in [6.45, 7) is 8.14. The number of hydrogen-bond acceptors (Lipinski definition) is 2. The molecular formula is C20H19NO2. The molecule has 3 nitrogen and oxygen atoms in total. The van der Waals surface area contributed by atoms with Gasteiger partial charge in [-0.05, 0) is 6.07 Å². The third-order valence-electron chi connectivity index (χ3n) is 3.42. The van der Waals surface area contributed by atoms with Crippen LogP contribution < -0.4 is 0 Å². The van der Waals surface area contributed by atoms with E-state index in [1.807, 2.05) is 6.07 Å². The number of carbonyl (C=O) groups excluding carboxylic acids is 2. The Kier molecular flexibility index (Phi) is 5.64. The van der Waals surface area contributed by atoms with Crippen molar-refractivity contribution >= 4 is 11.7 Å². The molecule has 3 heteroatoms. The van der Waals surface area contributed by atoms with E-state index in [0.29, 0.717) is 29.8 Å². The maximum atomic E-state index is 12.8. The Labute approximate surface area is 136 Å². The van der Waals surface area contributed by atoms with Gasteiger partial charge in [0.05, 0.1) is 5.56 Å². The van der Waals surface area contributed by atoms with Crippen molar-refractivity contribution in [2.75, 3.05) is 13.1 Å². The molecule has 0 aromatic heterocycles. The van der Waals surface area contributed by atoms with Crippen molar-refractivity contribution in [3.63, 3.8) is 0 Å². The van der Waals surface area contributed by atoms with Crippen LogP contribution in [0.4, 0.5) is 0 Å². The van der Waals surface area contributed by atoms with E-state index in [2.05, 4.69) is 13.2 Å². The number of hydrogen-bond donors (Lipinski definition) is 0. The van der Waals surface area contributed by atoms with E-state index in [1.54, 1.807) is 65.6 Å². The highest BCUT2D eigenvalue weighted by molar-refractivity contribution is 6.15. The van der Waals surface area contributed by atoms with E-state index < -0.39 is 0 Å². The zero-order chi connectivity index (χ0) is 16.7. The molecule has 2 aromatic carbocycles. The van der Waals surface area contributed by atoms with Crippen LogP contribution >= 0.6 is 0 Å². The molecule has 0 unspecified atom stereocenters. The van der Waals surface area contributed by atoms with Crippen LogP contribution in [0.5, 0.6) is 0 Å². The van der Waals surface area contributed by atoms with E-state index in [1.165, 1.54) is 0 Å². The normalized spacial score (nSPS) is 9.91. The Balaban J connectivity index is 2.40. The SMILES string of the molecule is C=CCN(CC=C)C(=O)c1ccccc1C(=O)c1ccccc1. The monoisotopic (exact) mass is 305 g/mol. The fourth-order valence-electron chi connectivity index (χ4n) is 2.34. The molecule has 23 heavy (non-hydrogen) atoms. The van der Waals surface area contributed by atoms with E-state index >= 15 is 0 Å². The second-order valence-electron chi connectivity index (χ2n) is 5.03. The lowest BCUT2D eigenvalue weighted by Gasteiger charge is -2.20. The minimum Gasteiger partial charge on any atom is -0.331 e. The summed E-state index contributed by atoms with van der Waals surface area (Å²) in [4.78, 5) is 27.1. The third-order valence-corrected chi connectivity index (χ3v) is 3.42. The van der Waals surface area contributed by atoms with Crippen molar-refractivity contribution in [1.29, 1.82) is 0 Å². The van der Waals surface area contributed by atoms with Crippen LogP contribution in [0.15, 0.2) is 79.9 Å². The van der Waals surface area contributed by atoms with Gasteiger partial charge < -0.3 is 4.90 Å². The molecule has 0 heterocycles. The lowest BCUT2D eigenvalue weighted by atomic mass is 9.97. The van der Waals surface area contributed by atoms with Gasteiger partial charge in [-0.15, -0.1) is 13.2 Å². The van der Waals surface area contributed by atoms with Gasteiger partial charge in [-0.1, -0.05) is 60.7 Å². The molecule has 0 aliphatic rings. The summed E-state index contributed by atoms with van der Waals surface area (Å²) in [5.74, 6) is -0.364. The second kappa shape index (κ2) is 7.90. The Morgan fingerprint density at radius 1 is 0.826 bits per heavy atom. The van der Waals surface area contributed by atoms with Crippen LogP contribution in [0.25, 0.3) is 0 Å². The Bertz CT molecular complexity index is 709. The first kappa shape index (κ1) is 16.4. The van der Waals surface area contributed by atoms with E-state index in [9.17, 15) is 9.59 Å². The van der Waals surface area contributed by atoms with Gasteiger partial charge in [0.15, 0.2) is 5.78 Å². The largest absolute Gasteiger partial charge is 0.331 e. The summed E-state index contributed by atoms with van der Waals surface area (Å²) in [5, 5.41) is 0. The summed E-state index contributed by atoms with van der Waals surface area (Å²) in [5.41, 5.74) is 1.36. The van der Waals surface area contributed by atoms with Crippen molar-refractivity contribution < 1.29 is 9.59 Å². The van der Waals surface area contributed by atoms with Gasteiger partial charge in [0.25, 0.3) is 5.91 Å². The molecule has 2 aromatic rings. The zero-order valence-electron chi connectivity index (χ0n) is 12.9. The minimum absolute atomic E-state index is 0.160. The van der Waals surface area contributed by atoms with Crippen molar-refractivity contribution in [1.82, 2.24) is 4.90 Å². The van der Waals surface area contributed by atoms with E-state index in [0.717, 1.165) is 0 Å². The molecule has 0 atom stereocenters. The first-order valence-electron chi connectivity index (χ1n) is 7.39. The quantitative estimate of drug-likeness (QED) is 0.577. The van der Waals surface area contributed by atoms with Crippen LogP contribution in [-0.2, 0) is 0 Å². The average molecular weight is 305 g/mol. The number of amides is 1. The molecule has 0 saturated heterocycles. The van der Waals surface area contributed by atoms with E-state index in [-0.39, 0.29) is 11.7 Å². The van der Waals surface area contributed by atoms with Crippen molar-refractivity contribution in [3.8, 4) is 0 Å². The summed E-state index contributed by atoms with van der Waals surface area (Å²) < 4.78 is 0. The Morgan fingerprint density at radius 3 is 1.91 bits per heavy atom. The lowest BCUT2D eigenvalue weighted by molar-refractivity contribution is 0.0786. The number of nitrogens with zero attached hydrogens (tertiary/aromatic N) is 1. The first-order chi connectivity index (χ1) is 11.2. The fraction of sp³-hybridized carbons (Fsp3) is 0.100. The van der Waals surface area contributed by atoms with Gasteiger partial charge in [0.2, 0.25) is 0 Å². The Hall–Kier alpha value is -2.94. The highest BCUT2D eigenvalue weighted by atomic mass is 16.2. The minimum atomic E-state index is -0.204. The average Bonchev–Trinajstić information content (AvgIpc) is 2.61. The highest BCUT2D eigenvalue weighted by Crippen LogP contribution is 2.17. The van der Waals surface area contributed by atoms with Gasteiger partial charge in [-0.25, -0.2) is 0 Å². The molecule has 0 saturated carbocycles. The Morgan fingerprint density at radius 2 is 1.35 bits per heavy atom. The maximum Gasteiger partial charge on any atom is 0.255 e. The molecule has 0 radical (unpaired) electrons. The molecule has 0 fully saturated rings. The molecular weight excluding hydrogens is 286 g/mol. The lowest BCUT2D eigenvalue weighted by Crippen LogP contribution is -2.32. The smallest absolute Gasteiger partial charge is 0.255 e. The predicted octanol–water partition coefficient (Wildman–Crippen LogP) is 3.73. The second-order valence-corrected chi connectivity index (χ2v) is 5.03. The number of carbonyl (C=O) groups is 2. The summed E-state index contributed by atoms with van der Waals surface area (Å²) in [7, 11) is 0. The van der Waals surface area contributed by atoms with Crippen molar-refractivity contribution in [2.45, 2.75) is 0 Å². The summed E-state index contributed by atoms with van der Waals surface area (Å²) >= 11 is 0. The van der Waals surface area contributed by atoms with Crippen LogP contribution in [0.3, 0.4) is 0 Å². The molecule has 0 aliphatic carbocycles. The molecule has 1 amide bonds. The molecule has 2 rings (SSSR count). The predicted molar refractivity (Wildman–Crippen MR) is 92.6 cm³/mol. The molecule has 0 aliphatic heterocycles. The van der Waals surface area contributed by atoms with Gasteiger partial charge >= 0.3 is 0 Å². The van der Waals surface area contributed by atoms with Crippen LogP contribution in [0, 0.1) is 0 Å². The van der Waals surface area contributed by atoms with Crippen LogP contribution in [-0.4, -0.2) is 29.7 Å². The van der Waals surface area contributed by atoms with Gasteiger partial charge in [-0.3, -0.25) is 9.59 Å². The van der Waals surface area contributed by atoms with Gasteiger partial charge in [-0.2, -0.15) is 0 Å². The van der Waals surface area contributed by atoms with Crippen molar-refractivity contribution in [2.24, 2.45) is 0 Å².